The van der Waals surface area contributed by atoms with Crippen LogP contribution in [-0.4, -0.2) is 53.3 Å². The lowest BCUT2D eigenvalue weighted by Gasteiger charge is -2.14. The van der Waals surface area contributed by atoms with Crippen LogP contribution in [0.4, 0.5) is 0 Å². The van der Waals surface area contributed by atoms with Crippen LogP contribution >= 0.6 is 16.1 Å². The van der Waals surface area contributed by atoms with Gasteiger partial charge in [-0.3, -0.25) is 4.52 Å². The molecule has 0 aliphatic carbocycles. The van der Waals surface area contributed by atoms with Crippen molar-refractivity contribution < 1.29 is 42.3 Å². The van der Waals surface area contributed by atoms with Gasteiger partial charge in [0.1, 0.15) is 12.2 Å². The molecule has 0 aromatic rings. The smallest absolute Gasteiger partial charge is 0.385 e. The number of hydrogen-bond acceptors (Lipinski definition) is 6. The maximum atomic E-state index is 10.5. The SMILES string of the molecule is CC.CC1CC(O[P+](=O)O)C(COP(=O)(O)O)O1.CCCCOC. The molecule has 3 N–H and O–H groups in total. The summed E-state index contributed by atoms with van der Waals surface area (Å²) in [7, 11) is -5.61. The van der Waals surface area contributed by atoms with Gasteiger partial charge in [-0.15, -0.1) is 9.42 Å². The average molecular weight is 393 g/mol. The number of methoxy groups -OCH3 is 1. The summed E-state index contributed by atoms with van der Waals surface area (Å²) in [6, 6.07) is 0. The Labute approximate surface area is 144 Å². The van der Waals surface area contributed by atoms with E-state index in [1.54, 1.807) is 14.0 Å². The molecule has 4 unspecified atom stereocenters. The van der Waals surface area contributed by atoms with Gasteiger partial charge in [-0.2, -0.15) is 0 Å². The Kier molecular flexibility index (Phi) is 16.8. The van der Waals surface area contributed by atoms with E-state index in [1.165, 1.54) is 12.8 Å². The summed E-state index contributed by atoms with van der Waals surface area (Å²) >= 11 is 0. The van der Waals surface area contributed by atoms with Gasteiger partial charge in [0, 0.05) is 24.7 Å². The monoisotopic (exact) mass is 393 g/mol. The van der Waals surface area contributed by atoms with Crippen LogP contribution in [0.5, 0.6) is 0 Å². The lowest BCUT2D eigenvalue weighted by molar-refractivity contribution is -0.0111. The van der Waals surface area contributed by atoms with Crippen LogP contribution in [0.25, 0.3) is 0 Å². The zero-order valence-electron chi connectivity index (χ0n) is 15.0. The van der Waals surface area contributed by atoms with E-state index in [0.29, 0.717) is 6.42 Å². The Bertz CT molecular complexity index is 357. The van der Waals surface area contributed by atoms with Crippen LogP contribution in [0.15, 0.2) is 0 Å². The fourth-order valence-electron chi connectivity index (χ4n) is 1.75. The molecule has 0 bridgehead atoms. The molecule has 0 saturated carbocycles. The second-order valence-electron chi connectivity index (χ2n) is 4.74. The lowest BCUT2D eigenvalue weighted by atomic mass is 10.1. The highest BCUT2D eigenvalue weighted by Crippen LogP contribution is 2.38. The summed E-state index contributed by atoms with van der Waals surface area (Å²) in [5.74, 6) is 0. The van der Waals surface area contributed by atoms with E-state index < -0.39 is 28.3 Å². The van der Waals surface area contributed by atoms with E-state index in [9.17, 15) is 9.13 Å². The zero-order chi connectivity index (χ0) is 19.2. The second kappa shape index (κ2) is 15.3. The second-order valence-corrected chi connectivity index (χ2v) is 6.66. The van der Waals surface area contributed by atoms with Crippen LogP contribution in [0.2, 0.25) is 0 Å². The molecule has 0 aromatic heterocycles. The van der Waals surface area contributed by atoms with Crippen molar-refractivity contribution in [1.29, 1.82) is 0 Å². The third kappa shape index (κ3) is 15.6. The highest BCUT2D eigenvalue weighted by atomic mass is 31.2. The minimum atomic E-state index is -4.57. The van der Waals surface area contributed by atoms with Crippen molar-refractivity contribution in [1.82, 2.24) is 0 Å². The first-order chi connectivity index (χ1) is 11.2. The minimum absolute atomic E-state index is 0.217. The van der Waals surface area contributed by atoms with E-state index in [2.05, 4.69) is 16.0 Å². The number of phosphoric acid groups is 1. The number of rotatable bonds is 8. The molecule has 4 atom stereocenters. The van der Waals surface area contributed by atoms with Gasteiger partial charge >= 0.3 is 16.1 Å². The van der Waals surface area contributed by atoms with Crippen molar-refractivity contribution in [3.63, 3.8) is 0 Å². The molecule has 1 aliphatic heterocycles. The average Bonchev–Trinajstić information content (AvgIpc) is 2.84. The van der Waals surface area contributed by atoms with E-state index in [-0.39, 0.29) is 12.7 Å². The number of unbranched alkanes of at least 4 members (excludes halogenated alkanes) is 1. The summed E-state index contributed by atoms with van der Waals surface area (Å²) < 4.78 is 39.9. The normalized spacial score (nSPS) is 23.7. The molecule has 1 saturated heterocycles. The first-order valence-corrected chi connectivity index (χ1v) is 10.5. The molecule has 0 spiro atoms. The number of phosphoric ester groups is 1. The fraction of sp³-hybridized carbons (Fsp3) is 1.00. The fourth-order valence-corrected chi connectivity index (χ4v) is 2.55. The maximum Gasteiger partial charge on any atom is 0.695 e. The standard InChI is InChI=1S/C6H12O8P2.C5H12O.C2H6/c1-4-2-5(14-15(7)8)6(13-4)3-12-16(9,10)11;1-3-4-5-6-2;1-2/h4-6H,2-3H2,1H3,(H2-,7,8,9,10,11);3-5H2,1-2H3;1-2H3/p+1. The highest BCUT2D eigenvalue weighted by molar-refractivity contribution is 7.46. The minimum Gasteiger partial charge on any atom is -0.385 e. The number of hydrogen-bond donors (Lipinski definition) is 3. The third-order valence-electron chi connectivity index (χ3n) is 2.72. The van der Waals surface area contributed by atoms with E-state index in [4.69, 9.17) is 24.2 Å². The van der Waals surface area contributed by atoms with Gasteiger partial charge in [-0.05, 0) is 13.3 Å². The molecule has 1 heterocycles. The molecule has 0 radical (unpaired) electrons. The van der Waals surface area contributed by atoms with E-state index in [1.807, 2.05) is 13.8 Å². The molecule has 11 heteroatoms. The molecule has 1 rings (SSSR count). The summed E-state index contributed by atoms with van der Waals surface area (Å²) in [5, 5.41) is 0. The van der Waals surface area contributed by atoms with Crippen LogP contribution in [0.3, 0.4) is 0 Å². The molecular formula is C13H31O9P2+. The summed E-state index contributed by atoms with van der Waals surface area (Å²) in [6.07, 6.45) is 1.12. The zero-order valence-corrected chi connectivity index (χ0v) is 16.7. The van der Waals surface area contributed by atoms with Gasteiger partial charge in [0.2, 0.25) is 0 Å². The van der Waals surface area contributed by atoms with Crippen molar-refractivity contribution in [3.05, 3.63) is 0 Å². The molecule has 0 aromatic carbocycles. The molecule has 0 amide bonds. The first kappa shape index (κ1) is 26.3. The first-order valence-electron chi connectivity index (χ1n) is 7.87. The Morgan fingerprint density at radius 2 is 1.92 bits per heavy atom. The Balaban J connectivity index is 0. The maximum absolute atomic E-state index is 10.5. The molecule has 146 valence electrons. The largest absolute Gasteiger partial charge is 0.695 e. The van der Waals surface area contributed by atoms with Gasteiger partial charge in [-0.1, -0.05) is 27.2 Å². The van der Waals surface area contributed by atoms with E-state index in [0.717, 1.165) is 6.61 Å². The third-order valence-corrected chi connectivity index (χ3v) is 3.66. The summed E-state index contributed by atoms with van der Waals surface area (Å²) in [6.45, 7) is 8.40. The lowest BCUT2D eigenvalue weighted by Crippen LogP contribution is -2.27. The van der Waals surface area contributed by atoms with Crippen LogP contribution in [-0.2, 0) is 27.7 Å². The van der Waals surface area contributed by atoms with Crippen molar-refractivity contribution >= 4 is 16.1 Å². The molecule has 1 fully saturated rings. The topological polar surface area (TPSA) is 132 Å². The van der Waals surface area contributed by atoms with Gasteiger partial charge in [-0.25, -0.2) is 4.57 Å². The number of ether oxygens (including phenoxy) is 2. The van der Waals surface area contributed by atoms with Gasteiger partial charge in [0.05, 0.1) is 12.7 Å². The quantitative estimate of drug-likeness (QED) is 0.421. The van der Waals surface area contributed by atoms with Crippen LogP contribution in [0, 0.1) is 0 Å². The molecular weight excluding hydrogens is 362 g/mol. The predicted octanol–water partition coefficient (Wildman–Crippen LogP) is 2.77. The van der Waals surface area contributed by atoms with Crippen molar-refractivity contribution in [2.75, 3.05) is 20.3 Å². The summed E-state index contributed by atoms with van der Waals surface area (Å²) in [5.41, 5.74) is 0. The van der Waals surface area contributed by atoms with Crippen molar-refractivity contribution in [3.8, 4) is 0 Å². The van der Waals surface area contributed by atoms with Gasteiger partial charge < -0.3 is 19.3 Å². The Morgan fingerprint density at radius 1 is 1.33 bits per heavy atom. The predicted molar refractivity (Wildman–Crippen MR) is 89.8 cm³/mol. The molecule has 9 nitrogen and oxygen atoms in total. The van der Waals surface area contributed by atoms with Gasteiger partial charge in [0.25, 0.3) is 0 Å². The van der Waals surface area contributed by atoms with Crippen molar-refractivity contribution in [2.45, 2.75) is 65.3 Å². The Hall–Kier alpha value is 0.0500. The Morgan fingerprint density at radius 3 is 2.29 bits per heavy atom. The van der Waals surface area contributed by atoms with Crippen molar-refractivity contribution in [2.24, 2.45) is 0 Å². The van der Waals surface area contributed by atoms with E-state index >= 15 is 0 Å². The highest BCUT2D eigenvalue weighted by Gasteiger charge is 2.40. The summed E-state index contributed by atoms with van der Waals surface area (Å²) in [4.78, 5) is 25.6. The van der Waals surface area contributed by atoms with Gasteiger partial charge in [0.15, 0.2) is 0 Å². The molecule has 1 aliphatic rings. The molecule has 24 heavy (non-hydrogen) atoms. The van der Waals surface area contributed by atoms with Crippen LogP contribution in [0.1, 0.15) is 47.0 Å². The van der Waals surface area contributed by atoms with Crippen LogP contribution < -0.4 is 0 Å².